The standard InChI is InChI=1S/C13H5Cl4F3/c14-6-1-2-9(13(18,19)20)8(3-6)12-10(16)4-7(15)5-11(12)17/h1-5H. The Morgan fingerprint density at radius 1 is 0.750 bits per heavy atom. The maximum Gasteiger partial charge on any atom is 0.417 e. The molecular weight excluding hydrogens is 355 g/mol. The second-order valence-corrected chi connectivity index (χ2v) is 5.62. The van der Waals surface area contributed by atoms with Gasteiger partial charge in [0.15, 0.2) is 0 Å². The van der Waals surface area contributed by atoms with Crippen LogP contribution in [0.25, 0.3) is 11.1 Å². The molecule has 20 heavy (non-hydrogen) atoms. The second kappa shape index (κ2) is 5.64. The van der Waals surface area contributed by atoms with Crippen LogP contribution in [0.1, 0.15) is 5.56 Å². The SMILES string of the molecule is FC(F)(F)c1ccc(Cl)cc1-c1c(Cl)cc(Cl)cc1Cl. The van der Waals surface area contributed by atoms with Crippen LogP contribution in [0.2, 0.25) is 20.1 Å². The van der Waals surface area contributed by atoms with E-state index in [2.05, 4.69) is 0 Å². The number of benzene rings is 2. The Labute approximate surface area is 133 Å². The molecule has 0 saturated carbocycles. The van der Waals surface area contributed by atoms with Gasteiger partial charge in [0.1, 0.15) is 0 Å². The molecule has 7 heteroatoms. The molecule has 2 aromatic rings. The van der Waals surface area contributed by atoms with Crippen LogP contribution in [0.4, 0.5) is 13.2 Å². The molecule has 0 saturated heterocycles. The van der Waals surface area contributed by atoms with Crippen molar-refractivity contribution in [2.45, 2.75) is 6.18 Å². The number of hydrogen-bond acceptors (Lipinski definition) is 0. The lowest BCUT2D eigenvalue weighted by molar-refractivity contribution is -0.137. The van der Waals surface area contributed by atoms with Crippen molar-refractivity contribution in [3.05, 3.63) is 56.0 Å². The summed E-state index contributed by atoms with van der Waals surface area (Å²) in [6.45, 7) is 0. The summed E-state index contributed by atoms with van der Waals surface area (Å²) < 4.78 is 39.2. The lowest BCUT2D eigenvalue weighted by Crippen LogP contribution is -2.07. The van der Waals surface area contributed by atoms with E-state index in [1.165, 1.54) is 18.2 Å². The second-order valence-electron chi connectivity index (χ2n) is 3.93. The van der Waals surface area contributed by atoms with Crippen LogP contribution in [0.15, 0.2) is 30.3 Å². The van der Waals surface area contributed by atoms with E-state index in [0.717, 1.165) is 12.1 Å². The molecule has 0 nitrogen and oxygen atoms in total. The van der Waals surface area contributed by atoms with E-state index in [4.69, 9.17) is 46.4 Å². The molecule has 0 aliphatic rings. The van der Waals surface area contributed by atoms with Gasteiger partial charge in [-0.2, -0.15) is 13.2 Å². The van der Waals surface area contributed by atoms with Gasteiger partial charge in [-0.25, -0.2) is 0 Å². The number of hydrogen-bond donors (Lipinski definition) is 0. The van der Waals surface area contributed by atoms with E-state index in [9.17, 15) is 13.2 Å². The van der Waals surface area contributed by atoms with Gasteiger partial charge in [0, 0.05) is 15.6 Å². The van der Waals surface area contributed by atoms with Gasteiger partial charge < -0.3 is 0 Å². The summed E-state index contributed by atoms with van der Waals surface area (Å²) in [6, 6.07) is 5.87. The fourth-order valence-electron chi connectivity index (χ4n) is 1.77. The zero-order chi connectivity index (χ0) is 15.1. The molecule has 0 unspecified atom stereocenters. The molecule has 0 N–H and O–H groups in total. The number of rotatable bonds is 1. The predicted molar refractivity (Wildman–Crippen MR) is 76.9 cm³/mol. The average Bonchev–Trinajstić information content (AvgIpc) is 2.25. The Hall–Kier alpha value is -0.610. The Morgan fingerprint density at radius 2 is 1.30 bits per heavy atom. The molecule has 0 bridgehead atoms. The van der Waals surface area contributed by atoms with Crippen LogP contribution < -0.4 is 0 Å². The van der Waals surface area contributed by atoms with Gasteiger partial charge in [-0.1, -0.05) is 46.4 Å². The highest BCUT2D eigenvalue weighted by atomic mass is 35.5. The summed E-state index contributed by atoms with van der Waals surface area (Å²) >= 11 is 23.5. The van der Waals surface area contributed by atoms with Crippen molar-refractivity contribution < 1.29 is 13.2 Å². The van der Waals surface area contributed by atoms with Crippen LogP contribution in [0.3, 0.4) is 0 Å². The van der Waals surface area contributed by atoms with E-state index in [1.807, 2.05) is 0 Å². The molecule has 0 atom stereocenters. The molecule has 0 aliphatic carbocycles. The van der Waals surface area contributed by atoms with Gasteiger partial charge >= 0.3 is 6.18 Å². The molecule has 0 aliphatic heterocycles. The molecule has 0 amide bonds. The molecule has 0 radical (unpaired) electrons. The first kappa shape index (κ1) is 15.8. The number of alkyl halides is 3. The first-order valence-electron chi connectivity index (χ1n) is 5.22. The van der Waals surface area contributed by atoms with E-state index < -0.39 is 11.7 Å². The van der Waals surface area contributed by atoms with E-state index in [-0.39, 0.29) is 31.2 Å². The summed E-state index contributed by atoms with van der Waals surface area (Å²) in [5.41, 5.74) is -1.00. The van der Waals surface area contributed by atoms with E-state index in [1.54, 1.807) is 0 Å². The molecular formula is C13H5Cl4F3. The van der Waals surface area contributed by atoms with Crippen molar-refractivity contribution in [1.82, 2.24) is 0 Å². The van der Waals surface area contributed by atoms with Crippen molar-refractivity contribution in [2.24, 2.45) is 0 Å². The van der Waals surface area contributed by atoms with Gasteiger partial charge in [-0.3, -0.25) is 0 Å². The normalized spacial score (nSPS) is 11.8. The molecule has 2 aromatic carbocycles. The third-order valence-electron chi connectivity index (χ3n) is 2.56. The highest BCUT2D eigenvalue weighted by molar-refractivity contribution is 6.42. The highest BCUT2D eigenvalue weighted by Crippen LogP contribution is 2.44. The predicted octanol–water partition coefficient (Wildman–Crippen LogP) is 6.99. The fraction of sp³-hybridized carbons (Fsp3) is 0.0769. The Balaban J connectivity index is 2.79. The topological polar surface area (TPSA) is 0 Å². The molecule has 2 rings (SSSR count). The van der Waals surface area contributed by atoms with Crippen LogP contribution >= 0.6 is 46.4 Å². The summed E-state index contributed by atoms with van der Waals surface area (Å²) in [5.74, 6) is 0. The fourth-order valence-corrected chi connectivity index (χ4v) is 2.96. The first-order valence-corrected chi connectivity index (χ1v) is 6.73. The number of halogens is 7. The van der Waals surface area contributed by atoms with Gasteiger partial charge in [-0.05, 0) is 35.9 Å². The third-order valence-corrected chi connectivity index (χ3v) is 3.61. The molecule has 0 heterocycles. The Kier molecular flexibility index (Phi) is 4.45. The largest absolute Gasteiger partial charge is 0.417 e. The van der Waals surface area contributed by atoms with Crippen LogP contribution in [0.5, 0.6) is 0 Å². The van der Waals surface area contributed by atoms with E-state index in [0.29, 0.717) is 0 Å². The van der Waals surface area contributed by atoms with Crippen LogP contribution in [0, 0.1) is 0 Å². The average molecular weight is 360 g/mol. The summed E-state index contributed by atoms with van der Waals surface area (Å²) in [7, 11) is 0. The Morgan fingerprint density at radius 3 is 1.80 bits per heavy atom. The lowest BCUT2D eigenvalue weighted by Gasteiger charge is -2.15. The van der Waals surface area contributed by atoms with Crippen molar-refractivity contribution >= 4 is 46.4 Å². The minimum atomic E-state index is -4.55. The van der Waals surface area contributed by atoms with Crippen molar-refractivity contribution in [1.29, 1.82) is 0 Å². The van der Waals surface area contributed by atoms with Gasteiger partial charge in [0.05, 0.1) is 15.6 Å². The Bertz CT molecular complexity index is 642. The van der Waals surface area contributed by atoms with E-state index >= 15 is 0 Å². The third kappa shape index (κ3) is 3.17. The quantitative estimate of drug-likeness (QED) is 0.514. The van der Waals surface area contributed by atoms with Crippen molar-refractivity contribution in [3.63, 3.8) is 0 Å². The van der Waals surface area contributed by atoms with Crippen LogP contribution in [-0.2, 0) is 6.18 Å². The van der Waals surface area contributed by atoms with Gasteiger partial charge in [0.2, 0.25) is 0 Å². The van der Waals surface area contributed by atoms with Gasteiger partial charge in [-0.15, -0.1) is 0 Å². The first-order chi connectivity index (χ1) is 9.20. The van der Waals surface area contributed by atoms with Crippen molar-refractivity contribution in [2.75, 3.05) is 0 Å². The van der Waals surface area contributed by atoms with Crippen LogP contribution in [-0.4, -0.2) is 0 Å². The minimum Gasteiger partial charge on any atom is -0.166 e. The summed E-state index contributed by atoms with van der Waals surface area (Å²) in [6.07, 6.45) is -4.55. The maximum absolute atomic E-state index is 13.1. The molecule has 0 fully saturated rings. The van der Waals surface area contributed by atoms with Gasteiger partial charge in [0.25, 0.3) is 0 Å². The summed E-state index contributed by atoms with van der Waals surface area (Å²) in [4.78, 5) is 0. The zero-order valence-electron chi connectivity index (χ0n) is 9.53. The summed E-state index contributed by atoms with van der Waals surface area (Å²) in [5, 5.41) is 0.431. The minimum absolute atomic E-state index is 0.0234. The molecule has 106 valence electrons. The zero-order valence-corrected chi connectivity index (χ0v) is 12.6. The highest BCUT2D eigenvalue weighted by Gasteiger charge is 2.34. The molecule has 0 spiro atoms. The van der Waals surface area contributed by atoms with Crippen molar-refractivity contribution in [3.8, 4) is 11.1 Å². The smallest absolute Gasteiger partial charge is 0.166 e. The lowest BCUT2D eigenvalue weighted by atomic mass is 9.99. The monoisotopic (exact) mass is 358 g/mol. The maximum atomic E-state index is 13.1. The molecule has 0 aromatic heterocycles.